The van der Waals surface area contributed by atoms with Crippen molar-refractivity contribution in [2.75, 3.05) is 11.6 Å². The van der Waals surface area contributed by atoms with Gasteiger partial charge in [0.15, 0.2) is 5.78 Å². The van der Waals surface area contributed by atoms with Gasteiger partial charge in [-0.15, -0.1) is 11.8 Å². The van der Waals surface area contributed by atoms with Gasteiger partial charge in [0.1, 0.15) is 0 Å². The Labute approximate surface area is 127 Å². The Balaban J connectivity index is 2.13. The zero-order valence-corrected chi connectivity index (χ0v) is 12.5. The number of anilines is 1. The highest BCUT2D eigenvalue weighted by Gasteiger charge is 2.04. The Hall–Kier alpha value is -1.71. The van der Waals surface area contributed by atoms with Gasteiger partial charge in [0, 0.05) is 22.3 Å². The van der Waals surface area contributed by atoms with E-state index in [1.165, 1.54) is 11.8 Å². The highest BCUT2D eigenvalue weighted by Crippen LogP contribution is 2.20. The Morgan fingerprint density at radius 3 is 2.35 bits per heavy atom. The van der Waals surface area contributed by atoms with Crippen molar-refractivity contribution in [2.24, 2.45) is 0 Å². The number of nitrogens with one attached hydrogen (secondary N) is 1. The van der Waals surface area contributed by atoms with Crippen LogP contribution in [0.15, 0.2) is 65.7 Å². The maximum atomic E-state index is 12.1. The summed E-state index contributed by atoms with van der Waals surface area (Å²) in [4.78, 5) is 12.1. The molecule has 0 bridgehead atoms. The number of rotatable bonds is 5. The number of hydrogen-bond donors (Lipinski definition) is 1. The van der Waals surface area contributed by atoms with Gasteiger partial charge < -0.3 is 5.32 Å². The van der Waals surface area contributed by atoms with Crippen molar-refractivity contribution in [3.05, 3.63) is 76.3 Å². The summed E-state index contributed by atoms with van der Waals surface area (Å²) in [5.41, 5.74) is 1.58. The fourth-order valence-electron chi connectivity index (χ4n) is 1.63. The molecule has 4 heteroatoms. The summed E-state index contributed by atoms with van der Waals surface area (Å²) in [6.07, 6.45) is 3.53. The number of allylic oxidation sites excluding steroid dienone is 1. The first-order valence-electron chi connectivity index (χ1n) is 6.06. The molecule has 1 N–H and O–H groups in total. The average molecular weight is 304 g/mol. The number of halogens is 1. The number of ketones is 1. The van der Waals surface area contributed by atoms with Gasteiger partial charge in [0.25, 0.3) is 0 Å². The van der Waals surface area contributed by atoms with Crippen molar-refractivity contribution in [3.8, 4) is 0 Å². The second kappa shape index (κ2) is 7.17. The smallest absolute Gasteiger partial charge is 0.188 e. The summed E-state index contributed by atoms with van der Waals surface area (Å²) in [7, 11) is 0. The zero-order chi connectivity index (χ0) is 14.4. The average Bonchev–Trinajstić information content (AvgIpc) is 2.49. The lowest BCUT2D eigenvalue weighted by Crippen LogP contribution is -2.01. The van der Waals surface area contributed by atoms with Crippen molar-refractivity contribution >= 4 is 34.8 Å². The quantitative estimate of drug-likeness (QED) is 0.633. The summed E-state index contributed by atoms with van der Waals surface area (Å²) in [5.74, 6) is -0.0172. The van der Waals surface area contributed by atoms with Gasteiger partial charge in [0.05, 0.1) is 5.03 Å². The molecule has 0 unspecified atom stereocenters. The van der Waals surface area contributed by atoms with Gasteiger partial charge in [0.2, 0.25) is 0 Å². The molecule has 2 aromatic carbocycles. The van der Waals surface area contributed by atoms with E-state index >= 15 is 0 Å². The third-order valence-electron chi connectivity index (χ3n) is 2.65. The number of benzene rings is 2. The molecule has 102 valence electrons. The van der Waals surface area contributed by atoms with E-state index in [0.717, 1.165) is 10.7 Å². The molecule has 0 aliphatic carbocycles. The van der Waals surface area contributed by atoms with E-state index in [1.54, 1.807) is 30.3 Å². The molecular formula is C16H14ClNOS. The van der Waals surface area contributed by atoms with Gasteiger partial charge >= 0.3 is 0 Å². The summed E-state index contributed by atoms with van der Waals surface area (Å²) >= 11 is 7.33. The Morgan fingerprint density at radius 2 is 1.75 bits per heavy atom. The van der Waals surface area contributed by atoms with Gasteiger partial charge in [-0.25, -0.2) is 0 Å². The molecule has 2 nitrogen and oxygen atoms in total. The minimum atomic E-state index is -0.0172. The second-order valence-electron chi connectivity index (χ2n) is 4.07. The van der Waals surface area contributed by atoms with Crippen LogP contribution in [0.3, 0.4) is 0 Å². The monoisotopic (exact) mass is 303 g/mol. The molecule has 2 aromatic rings. The molecule has 0 heterocycles. The van der Waals surface area contributed by atoms with Crippen LogP contribution in [-0.4, -0.2) is 12.0 Å². The fourth-order valence-corrected chi connectivity index (χ4v) is 2.20. The molecule has 2 rings (SSSR count). The first kappa shape index (κ1) is 14.7. The molecule has 0 aliphatic rings. The van der Waals surface area contributed by atoms with Crippen molar-refractivity contribution < 1.29 is 4.79 Å². The van der Waals surface area contributed by atoms with Crippen LogP contribution in [0.25, 0.3) is 0 Å². The predicted octanol–water partition coefficient (Wildman–Crippen LogP) is 4.84. The van der Waals surface area contributed by atoms with E-state index in [0.29, 0.717) is 10.6 Å². The zero-order valence-electron chi connectivity index (χ0n) is 11.0. The van der Waals surface area contributed by atoms with Crippen molar-refractivity contribution in [1.82, 2.24) is 0 Å². The number of thioether (sulfide) groups is 1. The summed E-state index contributed by atoms with van der Waals surface area (Å²) in [5, 5.41) is 4.68. The lowest BCUT2D eigenvalue weighted by atomic mass is 10.1. The molecule has 0 radical (unpaired) electrons. The molecule has 0 aliphatic heterocycles. The molecule has 0 atom stereocenters. The van der Waals surface area contributed by atoms with E-state index in [1.807, 2.05) is 36.6 Å². The normalized spacial score (nSPS) is 11.2. The van der Waals surface area contributed by atoms with E-state index in [9.17, 15) is 4.79 Å². The molecule has 0 aromatic heterocycles. The van der Waals surface area contributed by atoms with Crippen LogP contribution in [0.1, 0.15) is 10.4 Å². The van der Waals surface area contributed by atoms with Crippen LogP contribution in [0, 0.1) is 0 Å². The standard InChI is InChI=1S/C16H14ClNOS/c1-20-16(18-14-9-7-13(17)8-10-14)11-15(19)12-5-3-2-4-6-12/h2-11,18H,1H3/b16-11+. The van der Waals surface area contributed by atoms with Crippen LogP contribution in [0.5, 0.6) is 0 Å². The van der Waals surface area contributed by atoms with Crippen molar-refractivity contribution in [3.63, 3.8) is 0 Å². The number of carbonyl (C=O) groups is 1. The minimum absolute atomic E-state index is 0.0172. The lowest BCUT2D eigenvalue weighted by Gasteiger charge is -2.08. The van der Waals surface area contributed by atoms with Gasteiger partial charge in [-0.3, -0.25) is 4.79 Å². The molecule has 0 fully saturated rings. The lowest BCUT2D eigenvalue weighted by molar-refractivity contribution is 0.104. The highest BCUT2D eigenvalue weighted by atomic mass is 35.5. The van der Waals surface area contributed by atoms with Crippen LogP contribution in [0.2, 0.25) is 5.02 Å². The van der Waals surface area contributed by atoms with E-state index in [4.69, 9.17) is 11.6 Å². The SMILES string of the molecule is CS/C(=C/C(=O)c1ccccc1)Nc1ccc(Cl)cc1. The minimum Gasteiger partial charge on any atom is -0.350 e. The van der Waals surface area contributed by atoms with Crippen molar-refractivity contribution in [2.45, 2.75) is 0 Å². The third kappa shape index (κ3) is 4.15. The predicted molar refractivity (Wildman–Crippen MR) is 87.4 cm³/mol. The maximum absolute atomic E-state index is 12.1. The topological polar surface area (TPSA) is 29.1 Å². The first-order chi connectivity index (χ1) is 9.69. The van der Waals surface area contributed by atoms with Gasteiger partial charge in [-0.05, 0) is 30.5 Å². The Morgan fingerprint density at radius 1 is 1.10 bits per heavy atom. The molecule has 20 heavy (non-hydrogen) atoms. The van der Waals surface area contributed by atoms with Crippen LogP contribution < -0.4 is 5.32 Å². The third-order valence-corrected chi connectivity index (χ3v) is 3.56. The fraction of sp³-hybridized carbons (Fsp3) is 0.0625. The van der Waals surface area contributed by atoms with E-state index in [-0.39, 0.29) is 5.78 Å². The van der Waals surface area contributed by atoms with E-state index in [2.05, 4.69) is 5.32 Å². The summed E-state index contributed by atoms with van der Waals surface area (Å²) in [6, 6.07) is 16.6. The van der Waals surface area contributed by atoms with E-state index < -0.39 is 0 Å². The van der Waals surface area contributed by atoms with Crippen LogP contribution >= 0.6 is 23.4 Å². The largest absolute Gasteiger partial charge is 0.350 e. The summed E-state index contributed by atoms with van der Waals surface area (Å²) < 4.78 is 0. The Bertz CT molecular complexity index is 608. The maximum Gasteiger partial charge on any atom is 0.188 e. The second-order valence-corrected chi connectivity index (χ2v) is 5.36. The van der Waals surface area contributed by atoms with Gasteiger partial charge in [-0.1, -0.05) is 41.9 Å². The van der Waals surface area contributed by atoms with Crippen molar-refractivity contribution in [1.29, 1.82) is 0 Å². The highest BCUT2D eigenvalue weighted by molar-refractivity contribution is 8.02. The number of carbonyl (C=O) groups excluding carboxylic acids is 1. The molecule has 0 saturated heterocycles. The first-order valence-corrected chi connectivity index (χ1v) is 7.67. The van der Waals surface area contributed by atoms with Gasteiger partial charge in [-0.2, -0.15) is 0 Å². The van der Waals surface area contributed by atoms with Crippen LogP contribution in [-0.2, 0) is 0 Å². The molecule has 0 amide bonds. The summed E-state index contributed by atoms with van der Waals surface area (Å²) in [6.45, 7) is 0. The van der Waals surface area contributed by atoms with Crippen LogP contribution in [0.4, 0.5) is 5.69 Å². The molecule has 0 spiro atoms. The Kier molecular flexibility index (Phi) is 5.27. The molecular weight excluding hydrogens is 290 g/mol. The molecule has 0 saturated carbocycles. The number of hydrogen-bond acceptors (Lipinski definition) is 3.